The molecular weight excluding hydrogens is 390 g/mol. The van der Waals surface area contributed by atoms with Crippen molar-refractivity contribution in [1.29, 1.82) is 0 Å². The fourth-order valence-corrected chi connectivity index (χ4v) is 5.09. The van der Waals surface area contributed by atoms with E-state index in [4.69, 9.17) is 0 Å². The van der Waals surface area contributed by atoms with Crippen LogP contribution in [0.3, 0.4) is 0 Å². The molecule has 1 aliphatic heterocycles. The Labute approximate surface area is 173 Å². The van der Waals surface area contributed by atoms with E-state index in [9.17, 15) is 18.0 Å². The van der Waals surface area contributed by atoms with Crippen LogP contribution in [0.4, 0.5) is 5.69 Å². The van der Waals surface area contributed by atoms with Crippen LogP contribution in [-0.2, 0) is 19.6 Å². The Kier molecular flexibility index (Phi) is 6.33. The van der Waals surface area contributed by atoms with E-state index in [0.717, 1.165) is 41.8 Å². The molecule has 160 valence electrons. The van der Waals surface area contributed by atoms with E-state index < -0.39 is 21.5 Å². The topological polar surface area (TPSA) is 86.8 Å². The van der Waals surface area contributed by atoms with Gasteiger partial charge in [-0.3, -0.25) is 14.5 Å². The highest BCUT2D eigenvalue weighted by Gasteiger charge is 2.50. The maximum absolute atomic E-state index is 13.4. The smallest absolute Gasteiger partial charge is 0.247 e. The molecule has 0 bridgehead atoms. The Hall–Kier alpha value is -1.93. The van der Waals surface area contributed by atoms with Gasteiger partial charge in [0.05, 0.1) is 12.8 Å². The van der Waals surface area contributed by atoms with Crippen molar-refractivity contribution in [2.45, 2.75) is 64.0 Å². The average Bonchev–Trinajstić information content (AvgIpc) is 2.90. The first-order valence-electron chi connectivity index (χ1n) is 10.3. The molecule has 8 heteroatoms. The van der Waals surface area contributed by atoms with E-state index in [2.05, 4.69) is 5.32 Å². The van der Waals surface area contributed by atoms with Gasteiger partial charge in [-0.2, -0.15) is 4.31 Å². The quantitative estimate of drug-likeness (QED) is 0.755. The highest BCUT2D eigenvalue weighted by Crippen LogP contribution is 2.31. The van der Waals surface area contributed by atoms with Crippen LogP contribution in [0.25, 0.3) is 0 Å². The summed E-state index contributed by atoms with van der Waals surface area (Å²) in [6, 6.07) is 7.44. The lowest BCUT2D eigenvalue weighted by Gasteiger charge is -2.47. The van der Waals surface area contributed by atoms with Gasteiger partial charge in [-0.05, 0) is 38.8 Å². The molecule has 7 nitrogen and oxygen atoms in total. The molecule has 1 saturated heterocycles. The van der Waals surface area contributed by atoms with Crippen LogP contribution in [0.15, 0.2) is 24.3 Å². The number of piperazine rings is 1. The minimum absolute atomic E-state index is 0.0606. The van der Waals surface area contributed by atoms with Crippen molar-refractivity contribution in [2.75, 3.05) is 24.2 Å². The molecule has 0 unspecified atom stereocenters. The Morgan fingerprint density at radius 2 is 1.69 bits per heavy atom. The Morgan fingerprint density at radius 1 is 1.10 bits per heavy atom. The summed E-state index contributed by atoms with van der Waals surface area (Å²) in [5.41, 5.74) is 0.327. The van der Waals surface area contributed by atoms with Crippen LogP contribution < -0.4 is 10.2 Å². The molecule has 3 rings (SSSR count). The number of carbonyl (C=O) groups is 2. The predicted molar refractivity (Wildman–Crippen MR) is 113 cm³/mol. The molecule has 1 N–H and O–H groups in total. The average molecular weight is 422 g/mol. The molecule has 1 aromatic carbocycles. The first-order chi connectivity index (χ1) is 13.6. The normalized spacial score (nSPS) is 24.9. The maximum atomic E-state index is 13.4. The summed E-state index contributed by atoms with van der Waals surface area (Å²) in [7, 11) is -3.61. The molecule has 2 fully saturated rings. The van der Waals surface area contributed by atoms with Gasteiger partial charge in [0, 0.05) is 18.3 Å². The number of hydrogen-bond acceptors (Lipinski definition) is 4. The van der Waals surface area contributed by atoms with Crippen molar-refractivity contribution in [2.24, 2.45) is 0 Å². The molecule has 1 heterocycles. The first kappa shape index (κ1) is 21.8. The van der Waals surface area contributed by atoms with Crippen LogP contribution in [0, 0.1) is 6.92 Å². The summed E-state index contributed by atoms with van der Waals surface area (Å²) in [6.07, 6.45) is 7.37. The zero-order valence-corrected chi connectivity index (χ0v) is 18.3. The van der Waals surface area contributed by atoms with Crippen molar-refractivity contribution < 1.29 is 18.0 Å². The largest absolute Gasteiger partial charge is 0.351 e. The van der Waals surface area contributed by atoms with E-state index in [1.54, 1.807) is 19.1 Å². The highest BCUT2D eigenvalue weighted by molar-refractivity contribution is 7.88. The fraction of sp³-hybridized carbons (Fsp3) is 0.619. The van der Waals surface area contributed by atoms with Gasteiger partial charge in [-0.15, -0.1) is 0 Å². The SMILES string of the molecule is Cc1ccc(N2C(=O)CN(S(C)(=O)=O)C[C@@]2(C)C(=O)NC2CCCCCC2)cc1. The minimum Gasteiger partial charge on any atom is -0.351 e. The van der Waals surface area contributed by atoms with Gasteiger partial charge in [0.1, 0.15) is 5.54 Å². The van der Waals surface area contributed by atoms with Gasteiger partial charge >= 0.3 is 0 Å². The Bertz CT molecular complexity index is 860. The molecule has 2 aliphatic rings. The van der Waals surface area contributed by atoms with Crippen molar-refractivity contribution in [3.05, 3.63) is 29.8 Å². The third-order valence-electron chi connectivity index (χ3n) is 5.98. The highest BCUT2D eigenvalue weighted by atomic mass is 32.2. The third kappa shape index (κ3) is 4.80. The molecule has 0 radical (unpaired) electrons. The number of carbonyl (C=O) groups excluding carboxylic acids is 2. The molecule has 0 aromatic heterocycles. The molecule has 1 saturated carbocycles. The van der Waals surface area contributed by atoms with Crippen molar-refractivity contribution in [3.8, 4) is 0 Å². The van der Waals surface area contributed by atoms with E-state index >= 15 is 0 Å². The summed E-state index contributed by atoms with van der Waals surface area (Å²) in [4.78, 5) is 28.0. The number of aryl methyl sites for hydroxylation is 1. The number of nitrogens with zero attached hydrogens (tertiary/aromatic N) is 2. The van der Waals surface area contributed by atoms with Crippen LogP contribution >= 0.6 is 0 Å². The second-order valence-electron chi connectivity index (χ2n) is 8.53. The van der Waals surface area contributed by atoms with E-state index in [1.165, 1.54) is 17.7 Å². The lowest BCUT2D eigenvalue weighted by atomic mass is 9.93. The summed E-state index contributed by atoms with van der Waals surface area (Å²) in [6.45, 7) is 3.28. The second-order valence-corrected chi connectivity index (χ2v) is 10.5. The summed E-state index contributed by atoms with van der Waals surface area (Å²) >= 11 is 0. The van der Waals surface area contributed by atoms with Crippen LogP contribution in [0.2, 0.25) is 0 Å². The molecule has 1 aromatic rings. The number of anilines is 1. The first-order valence-corrected chi connectivity index (χ1v) is 12.1. The molecule has 1 aliphatic carbocycles. The number of rotatable bonds is 4. The number of amides is 2. The van der Waals surface area contributed by atoms with E-state index in [-0.39, 0.29) is 25.0 Å². The van der Waals surface area contributed by atoms with Crippen LogP contribution in [0.5, 0.6) is 0 Å². The standard InChI is InChI=1S/C21H31N3O4S/c1-16-10-12-18(13-11-16)24-19(25)14-23(29(3,27)28)15-21(24,2)20(26)22-17-8-6-4-5-7-9-17/h10-13,17H,4-9,14-15H2,1-3H3,(H,22,26)/t21-/m0/s1. The number of sulfonamides is 1. The third-order valence-corrected chi connectivity index (χ3v) is 7.18. The predicted octanol–water partition coefficient (Wildman–Crippen LogP) is 2.20. The van der Waals surface area contributed by atoms with Crippen molar-refractivity contribution in [3.63, 3.8) is 0 Å². The van der Waals surface area contributed by atoms with Gasteiger partial charge in [0.2, 0.25) is 21.8 Å². The van der Waals surface area contributed by atoms with Crippen LogP contribution in [0.1, 0.15) is 51.0 Å². The van der Waals surface area contributed by atoms with E-state index in [0.29, 0.717) is 5.69 Å². The molecular formula is C21H31N3O4S. The molecule has 2 amide bonds. The van der Waals surface area contributed by atoms with Crippen LogP contribution in [-0.4, -0.2) is 55.5 Å². The second kappa shape index (κ2) is 8.44. The van der Waals surface area contributed by atoms with Gasteiger partial charge in [-0.1, -0.05) is 43.4 Å². The van der Waals surface area contributed by atoms with E-state index in [1.807, 2.05) is 19.1 Å². The number of nitrogens with one attached hydrogen (secondary N) is 1. The van der Waals surface area contributed by atoms with Gasteiger partial charge in [-0.25, -0.2) is 8.42 Å². The molecule has 0 spiro atoms. The summed E-state index contributed by atoms with van der Waals surface area (Å²) in [5.74, 6) is -0.698. The fourth-order valence-electron chi connectivity index (χ4n) is 4.26. The lowest BCUT2D eigenvalue weighted by Crippen LogP contribution is -2.70. The van der Waals surface area contributed by atoms with Crippen molar-refractivity contribution >= 4 is 27.5 Å². The molecule has 1 atom stereocenters. The maximum Gasteiger partial charge on any atom is 0.247 e. The van der Waals surface area contributed by atoms with Crippen molar-refractivity contribution in [1.82, 2.24) is 9.62 Å². The number of hydrogen-bond donors (Lipinski definition) is 1. The minimum atomic E-state index is -3.61. The van der Waals surface area contributed by atoms with Gasteiger partial charge in [0.25, 0.3) is 0 Å². The summed E-state index contributed by atoms with van der Waals surface area (Å²) in [5, 5.41) is 3.12. The lowest BCUT2D eigenvalue weighted by molar-refractivity contribution is -0.133. The number of benzene rings is 1. The molecule has 29 heavy (non-hydrogen) atoms. The van der Waals surface area contributed by atoms with Gasteiger partial charge in [0.15, 0.2) is 0 Å². The Balaban J connectivity index is 1.95. The Morgan fingerprint density at radius 3 is 2.24 bits per heavy atom. The van der Waals surface area contributed by atoms with Gasteiger partial charge < -0.3 is 5.32 Å². The monoisotopic (exact) mass is 421 g/mol. The zero-order valence-electron chi connectivity index (χ0n) is 17.5. The summed E-state index contributed by atoms with van der Waals surface area (Å²) < 4.78 is 25.5. The zero-order chi connectivity index (χ0) is 21.2.